The molecule has 10 atom stereocenters. The first-order chi connectivity index (χ1) is 41.2. The third-order valence-corrected chi connectivity index (χ3v) is 19.8. The number of halogens is 1. The number of aromatic nitrogens is 1. The van der Waals surface area contributed by atoms with Crippen molar-refractivity contribution in [1.82, 2.24) is 14.3 Å². The van der Waals surface area contributed by atoms with Gasteiger partial charge in [-0.05, 0) is 108 Å². The molecule has 7 N–H and O–H groups in total. The number of ketones is 1. The van der Waals surface area contributed by atoms with Gasteiger partial charge in [-0.2, -0.15) is 5.10 Å². The van der Waals surface area contributed by atoms with Gasteiger partial charge >= 0.3 is 17.7 Å². The first-order valence-electron chi connectivity index (χ1n) is 30.1. The van der Waals surface area contributed by atoms with Gasteiger partial charge in [-0.3, -0.25) is 33.5 Å². The van der Waals surface area contributed by atoms with E-state index in [1.54, 1.807) is 39.8 Å². The van der Waals surface area contributed by atoms with Crippen molar-refractivity contribution in [1.29, 1.82) is 0 Å². The van der Waals surface area contributed by atoms with Crippen LogP contribution in [-0.2, 0) is 23.8 Å². The number of aryl methyl sites for hydroxylation is 1. The summed E-state index contributed by atoms with van der Waals surface area (Å²) < 4.78 is 41.4. The summed E-state index contributed by atoms with van der Waals surface area (Å²) in [6, 6.07) is 1.62. The highest BCUT2D eigenvalue weighted by Gasteiger charge is 2.56. The van der Waals surface area contributed by atoms with E-state index in [1.807, 2.05) is 11.9 Å². The number of phenols is 3. The topological polar surface area (TPSA) is 282 Å². The van der Waals surface area contributed by atoms with Gasteiger partial charge in [0.1, 0.15) is 28.9 Å². The number of aliphatic hydroxyl groups excluding tert-OH is 2. The molecule has 2 saturated heterocycles. The average molecular weight is 1210 g/mol. The number of benzene rings is 2. The van der Waals surface area contributed by atoms with Crippen LogP contribution in [0.1, 0.15) is 142 Å². The van der Waals surface area contributed by atoms with E-state index >= 15 is 4.39 Å². The lowest BCUT2D eigenvalue weighted by atomic mass is 9.78. The Labute approximate surface area is 504 Å². The number of fused-ring (bicyclic) bond motifs is 15. The maximum absolute atomic E-state index is 16.3. The normalized spacial score (nSPS) is 29.6. The lowest BCUT2D eigenvalue weighted by Crippen LogP contribution is -2.50. The predicted octanol–water partition coefficient (Wildman–Crippen LogP) is 8.18. The van der Waals surface area contributed by atoms with Gasteiger partial charge in [0.25, 0.3) is 17.2 Å². The Hall–Kier alpha value is -7.53. The molecule has 2 aromatic carbocycles. The highest BCUT2D eigenvalue weighted by molar-refractivity contribution is 6.24. The van der Waals surface area contributed by atoms with Crippen molar-refractivity contribution < 1.29 is 73.2 Å². The summed E-state index contributed by atoms with van der Waals surface area (Å²) in [5, 5.41) is 78.5. The molecule has 0 radical (unpaired) electrons. The number of methoxy groups -OCH3 is 1. The van der Waals surface area contributed by atoms with Crippen molar-refractivity contribution in [2.24, 2.45) is 34.7 Å². The zero-order chi connectivity index (χ0) is 63.0. The first-order valence-corrected chi connectivity index (χ1v) is 30.1. The van der Waals surface area contributed by atoms with Crippen LogP contribution < -0.4 is 20.5 Å². The smallest absolute Gasteiger partial charge is 0.341 e. The van der Waals surface area contributed by atoms with Gasteiger partial charge in [-0.1, -0.05) is 45.9 Å². The molecule has 11 rings (SSSR count). The van der Waals surface area contributed by atoms with Gasteiger partial charge in [0.05, 0.1) is 70.4 Å². The number of phenolic OH excluding ortho intramolecular Hbond substituents is 3. The summed E-state index contributed by atoms with van der Waals surface area (Å²) in [6.07, 6.45) is 11.7. The fourth-order valence-corrected chi connectivity index (χ4v) is 14.2. The number of hydrogen-bond acceptors (Lipinski definition) is 18. The summed E-state index contributed by atoms with van der Waals surface area (Å²) in [6.45, 7) is 16.5. The fraction of sp³-hybridized carbons (Fsp3) is 0.538. The van der Waals surface area contributed by atoms with Crippen molar-refractivity contribution >= 4 is 57.5 Å². The van der Waals surface area contributed by atoms with Crippen molar-refractivity contribution in [3.05, 3.63) is 98.0 Å². The lowest BCUT2D eigenvalue weighted by Gasteiger charge is -2.42. The first kappa shape index (κ1) is 62.5. The number of rotatable bonds is 10. The molecule has 2 aliphatic carbocycles. The minimum atomic E-state index is -2.11. The van der Waals surface area contributed by atoms with Crippen LogP contribution in [0.5, 0.6) is 23.0 Å². The Morgan fingerprint density at radius 2 is 1.59 bits per heavy atom. The Morgan fingerprint density at radius 1 is 0.897 bits per heavy atom. The van der Waals surface area contributed by atoms with E-state index in [2.05, 4.69) is 22.2 Å². The minimum absolute atomic E-state index is 0.0215. The summed E-state index contributed by atoms with van der Waals surface area (Å²) in [7, 11) is 3.58. The number of carboxylic acid groups (broad SMARTS) is 1. The molecule has 0 spiro atoms. The van der Waals surface area contributed by atoms with E-state index in [0.717, 1.165) is 43.9 Å². The Morgan fingerprint density at radius 3 is 2.22 bits per heavy atom. The van der Waals surface area contributed by atoms with Crippen LogP contribution in [0.2, 0.25) is 0 Å². The maximum Gasteiger partial charge on any atom is 0.341 e. The monoisotopic (exact) mass is 1200 g/mol. The van der Waals surface area contributed by atoms with Gasteiger partial charge in [-0.15, -0.1) is 0 Å². The van der Waals surface area contributed by atoms with Crippen molar-refractivity contribution in [2.75, 3.05) is 50.6 Å². The van der Waals surface area contributed by atoms with E-state index in [1.165, 1.54) is 69.9 Å². The minimum Gasteiger partial charge on any atom is -0.507 e. The number of Topliss-reactive ketones (excluding diaryl/α,β-unsaturated/α-hetero) is 1. The number of aromatic carboxylic acids is 1. The molecule has 4 aromatic rings. The lowest BCUT2D eigenvalue weighted by molar-refractivity contribution is -0.160. The van der Waals surface area contributed by atoms with E-state index in [-0.39, 0.29) is 73.5 Å². The van der Waals surface area contributed by atoms with Gasteiger partial charge in [-0.25, -0.2) is 9.18 Å². The van der Waals surface area contributed by atoms with Gasteiger partial charge in [0, 0.05) is 98.9 Å². The molecule has 21 nitrogen and oxygen atoms in total. The molecule has 468 valence electrons. The molecule has 87 heavy (non-hydrogen) atoms. The van der Waals surface area contributed by atoms with Crippen LogP contribution in [0.15, 0.2) is 58.3 Å². The van der Waals surface area contributed by atoms with Crippen LogP contribution in [0.3, 0.4) is 0 Å². The highest BCUT2D eigenvalue weighted by Crippen LogP contribution is 2.56. The Bertz CT molecular complexity index is 3640. The standard InChI is InChI=1S/C65H81FN6O15/c1-31-13-12-14-32(2)61(80)68-50-44(56(77)47-48(57(50)78)55(76)37(7)59-49(47)60(79)64(9,87-59)85-26-20-46(84-11)33(3)58(86-38(8)73)36(6)54(75)35(5)53(31)74)28-67-71-24-18-41(19-25-71)69(10)65(21-22-65)40-17-23-70(29-40)52-34(4)51-42(39-15-16-39)27-43(63(82)83)62(81)72(51)30-45(52)66/h12-14,20,26-28,30-31,33,35-36,39-41,46,53-54,58,74-78H,15-19,21-25,29H2,1-11H3,(H,68,80)(H,82,83)/b13-12+,26-20+,32-14-,67-28+/t31-,33+,35+,36+,40-,46-,53-,54+,58+,64-/m0/s1. The van der Waals surface area contributed by atoms with E-state index in [0.29, 0.717) is 55.8 Å². The fourth-order valence-electron chi connectivity index (χ4n) is 14.2. The van der Waals surface area contributed by atoms with E-state index in [9.17, 15) is 54.6 Å². The molecule has 5 bridgehead atoms. The van der Waals surface area contributed by atoms with Gasteiger partial charge in [0.2, 0.25) is 0 Å². The van der Waals surface area contributed by atoms with Gasteiger partial charge < -0.3 is 59.8 Å². The number of nitrogens with zero attached hydrogens (tertiary/aromatic N) is 5. The molecule has 7 heterocycles. The summed E-state index contributed by atoms with van der Waals surface area (Å²) in [5.41, 5.74) is 0.593. The number of amides is 1. The second-order valence-electron chi connectivity index (χ2n) is 25.3. The van der Waals surface area contributed by atoms with Crippen molar-refractivity contribution in [3.8, 4) is 23.0 Å². The maximum atomic E-state index is 16.3. The van der Waals surface area contributed by atoms with Crippen LogP contribution in [-0.4, -0.2) is 157 Å². The van der Waals surface area contributed by atoms with Crippen LogP contribution in [0, 0.1) is 49.3 Å². The largest absolute Gasteiger partial charge is 0.507 e. The number of pyridine rings is 2. The molecular formula is C65H81FN6O15. The van der Waals surface area contributed by atoms with Crippen LogP contribution in [0.25, 0.3) is 16.3 Å². The molecule has 5 aliphatic heterocycles. The predicted molar refractivity (Wildman–Crippen MR) is 323 cm³/mol. The summed E-state index contributed by atoms with van der Waals surface area (Å²) >= 11 is 0. The molecule has 0 unspecified atom stereocenters. The number of allylic oxidation sites excluding steroid dienone is 2. The van der Waals surface area contributed by atoms with Crippen LogP contribution in [0.4, 0.5) is 15.8 Å². The zero-order valence-electron chi connectivity index (χ0n) is 51.2. The average Bonchev–Trinajstić information content (AvgIpc) is 1.69. The third kappa shape index (κ3) is 11.2. The summed E-state index contributed by atoms with van der Waals surface area (Å²) in [4.78, 5) is 71.4. The number of carbonyl (C=O) groups excluding carboxylic acids is 3. The highest BCUT2D eigenvalue weighted by atomic mass is 19.1. The summed E-state index contributed by atoms with van der Waals surface area (Å²) in [5.74, 6) is -10.4. The van der Waals surface area contributed by atoms with Gasteiger partial charge in [0.15, 0.2) is 11.6 Å². The van der Waals surface area contributed by atoms with Crippen molar-refractivity contribution in [3.63, 3.8) is 0 Å². The number of hydrogen-bond donors (Lipinski definition) is 7. The number of carbonyl (C=O) groups is 4. The van der Waals surface area contributed by atoms with E-state index in [4.69, 9.17) is 24.0 Å². The number of hydrazone groups is 1. The second kappa shape index (κ2) is 23.9. The van der Waals surface area contributed by atoms with E-state index < -0.39 is 106 Å². The quantitative estimate of drug-likeness (QED) is 0.0341. The SMILES string of the molecule is CO[C@H]1/C=C/O[C@@]2(C)Oc3c(C)c(O)c4c(O)c(c(/C=N/N5CCC(N(C)C6([C@H]7CCN(c8c(F)cn9c(=O)c(C(=O)O)cc(C%10CC%10)c9c8C)C7)CC6)CC5)c(O)c4c3C2=O)NC(=O)/C(C)=C\C=C\[C@H](C)[C@H](O)[C@@H](C)[C@@H](O)[C@@H](C)[C@H](OC(C)=O)[C@@H]1C. The number of piperidine rings is 1. The molecule has 4 fully saturated rings. The number of ether oxygens (including phenoxy) is 4. The van der Waals surface area contributed by atoms with Crippen LogP contribution >= 0.6 is 0 Å². The molecule has 7 aliphatic rings. The number of aliphatic hydroxyl groups is 2. The Kier molecular flexibility index (Phi) is 17.2. The Balaban J connectivity index is 0.932. The van der Waals surface area contributed by atoms with Crippen molar-refractivity contribution in [2.45, 2.75) is 155 Å². The number of esters is 1. The third-order valence-electron chi connectivity index (χ3n) is 19.8. The number of nitrogens with one attached hydrogen (secondary N) is 1. The number of anilines is 2. The number of carboxylic acids is 1. The molecular weight excluding hydrogens is 1120 g/mol. The molecule has 2 aromatic heterocycles. The zero-order valence-corrected chi connectivity index (χ0v) is 51.2. The molecule has 22 heteroatoms. The second-order valence-corrected chi connectivity index (χ2v) is 25.3. The molecule has 2 saturated carbocycles. The molecule has 1 amide bonds. The number of aromatic hydroxyl groups is 3.